The molecule has 3 aromatic carbocycles. The topological polar surface area (TPSA) is 102 Å². The Kier molecular flexibility index (Phi) is 5.44. The number of benzene rings is 3. The van der Waals surface area contributed by atoms with Crippen LogP contribution in [0.25, 0.3) is 6.08 Å². The zero-order chi connectivity index (χ0) is 21.8. The van der Waals surface area contributed by atoms with Gasteiger partial charge in [-0.1, -0.05) is 48.5 Å². The second-order valence-corrected chi connectivity index (χ2v) is 6.72. The number of ether oxygens (including phenoxy) is 1. The first-order valence-electron chi connectivity index (χ1n) is 9.40. The van der Waals surface area contributed by atoms with Crippen LogP contribution in [0.15, 0.2) is 84.6 Å². The van der Waals surface area contributed by atoms with Crippen LogP contribution >= 0.6 is 0 Å². The molecule has 31 heavy (non-hydrogen) atoms. The van der Waals surface area contributed by atoms with E-state index in [-0.39, 0.29) is 18.0 Å². The van der Waals surface area contributed by atoms with Gasteiger partial charge < -0.3 is 10.1 Å². The van der Waals surface area contributed by atoms with Crippen LogP contribution in [0.4, 0.5) is 16.2 Å². The number of urea groups is 1. The molecule has 0 aliphatic carbocycles. The standard InChI is InChI=1S/C23H17N3O5/c27-22-20(24-23(28)25(22)18-9-2-1-3-10-18)14-17-8-4-5-12-21(17)31-15-16-7-6-11-19(13-16)26(29)30/h1-14H,15H2,(H,24,28). The smallest absolute Gasteiger partial charge is 0.333 e. The largest absolute Gasteiger partial charge is 0.488 e. The maximum Gasteiger partial charge on any atom is 0.333 e. The van der Waals surface area contributed by atoms with Crippen molar-refractivity contribution in [1.29, 1.82) is 0 Å². The number of hydrogen-bond acceptors (Lipinski definition) is 5. The lowest BCUT2D eigenvalue weighted by Crippen LogP contribution is -2.30. The maximum atomic E-state index is 12.8. The number of nitro groups is 1. The van der Waals surface area contributed by atoms with Gasteiger partial charge in [0.15, 0.2) is 0 Å². The summed E-state index contributed by atoms with van der Waals surface area (Å²) in [6.07, 6.45) is 1.55. The fourth-order valence-electron chi connectivity index (χ4n) is 3.15. The number of hydrogen-bond donors (Lipinski definition) is 1. The molecule has 1 N–H and O–H groups in total. The molecule has 0 saturated carbocycles. The fraction of sp³-hybridized carbons (Fsp3) is 0.0435. The Hall–Kier alpha value is -4.46. The molecule has 8 heteroatoms. The minimum atomic E-state index is -0.530. The molecule has 1 heterocycles. The first kappa shape index (κ1) is 19.8. The number of amides is 3. The van der Waals surface area contributed by atoms with E-state index in [9.17, 15) is 19.7 Å². The summed E-state index contributed by atoms with van der Waals surface area (Å²) < 4.78 is 5.84. The number of nitro benzene ring substituents is 1. The van der Waals surface area contributed by atoms with Crippen molar-refractivity contribution in [3.63, 3.8) is 0 Å². The first-order chi connectivity index (χ1) is 15.0. The van der Waals surface area contributed by atoms with E-state index in [0.717, 1.165) is 4.90 Å². The summed E-state index contributed by atoms with van der Waals surface area (Å²) in [6, 6.07) is 21.3. The average molecular weight is 415 g/mol. The third-order valence-corrected chi connectivity index (χ3v) is 4.63. The third kappa shape index (κ3) is 4.27. The lowest BCUT2D eigenvalue weighted by atomic mass is 10.1. The van der Waals surface area contributed by atoms with Gasteiger partial charge in [0.2, 0.25) is 0 Å². The number of non-ortho nitro benzene ring substituents is 1. The zero-order valence-electron chi connectivity index (χ0n) is 16.2. The van der Waals surface area contributed by atoms with Crippen molar-refractivity contribution in [3.8, 4) is 5.75 Å². The van der Waals surface area contributed by atoms with Gasteiger partial charge in [-0.3, -0.25) is 14.9 Å². The highest BCUT2D eigenvalue weighted by Gasteiger charge is 2.34. The predicted molar refractivity (Wildman–Crippen MR) is 114 cm³/mol. The van der Waals surface area contributed by atoms with E-state index in [1.54, 1.807) is 72.8 Å². The van der Waals surface area contributed by atoms with Gasteiger partial charge in [0.05, 0.1) is 10.6 Å². The summed E-state index contributed by atoms with van der Waals surface area (Å²) in [7, 11) is 0. The molecule has 154 valence electrons. The van der Waals surface area contributed by atoms with E-state index >= 15 is 0 Å². The van der Waals surface area contributed by atoms with E-state index in [2.05, 4.69) is 5.32 Å². The Morgan fingerprint density at radius 2 is 1.71 bits per heavy atom. The molecule has 0 bridgehead atoms. The van der Waals surface area contributed by atoms with Crippen LogP contribution in [-0.2, 0) is 11.4 Å². The van der Waals surface area contributed by atoms with Crippen LogP contribution in [-0.4, -0.2) is 16.9 Å². The van der Waals surface area contributed by atoms with E-state index in [0.29, 0.717) is 22.6 Å². The number of para-hydroxylation sites is 2. The van der Waals surface area contributed by atoms with E-state index < -0.39 is 16.9 Å². The lowest BCUT2D eigenvalue weighted by molar-refractivity contribution is -0.384. The van der Waals surface area contributed by atoms with Crippen LogP contribution in [0.3, 0.4) is 0 Å². The van der Waals surface area contributed by atoms with E-state index in [4.69, 9.17) is 4.74 Å². The average Bonchev–Trinajstić information content (AvgIpc) is 3.06. The Balaban J connectivity index is 1.56. The highest BCUT2D eigenvalue weighted by molar-refractivity contribution is 6.28. The van der Waals surface area contributed by atoms with E-state index in [1.165, 1.54) is 12.1 Å². The lowest BCUT2D eigenvalue weighted by Gasteiger charge is -2.11. The summed E-state index contributed by atoms with van der Waals surface area (Å²) in [5.41, 5.74) is 1.81. The molecule has 1 aliphatic heterocycles. The van der Waals surface area contributed by atoms with Crippen molar-refractivity contribution in [2.75, 3.05) is 4.90 Å². The Bertz CT molecular complexity index is 1190. The molecule has 3 amide bonds. The highest BCUT2D eigenvalue weighted by atomic mass is 16.6. The summed E-state index contributed by atoms with van der Waals surface area (Å²) in [5.74, 6) is 0.00593. The van der Waals surface area contributed by atoms with Crippen molar-refractivity contribution in [1.82, 2.24) is 5.32 Å². The number of nitrogens with one attached hydrogen (secondary N) is 1. The van der Waals surface area contributed by atoms with Gasteiger partial charge in [-0.15, -0.1) is 0 Å². The molecular formula is C23H17N3O5. The predicted octanol–water partition coefficient (Wildman–Crippen LogP) is 4.27. The number of nitrogens with zero attached hydrogens (tertiary/aromatic N) is 2. The summed E-state index contributed by atoms with van der Waals surface area (Å²) in [4.78, 5) is 36.7. The molecule has 0 atom stereocenters. The van der Waals surface area contributed by atoms with Gasteiger partial charge in [-0.2, -0.15) is 0 Å². The van der Waals surface area contributed by atoms with Gasteiger partial charge in [0.1, 0.15) is 18.1 Å². The second-order valence-electron chi connectivity index (χ2n) is 6.72. The molecular weight excluding hydrogens is 398 g/mol. The van der Waals surface area contributed by atoms with Gasteiger partial charge in [0.25, 0.3) is 11.6 Å². The van der Waals surface area contributed by atoms with Crippen molar-refractivity contribution in [3.05, 3.63) is 106 Å². The van der Waals surface area contributed by atoms with Crippen molar-refractivity contribution in [2.45, 2.75) is 6.61 Å². The molecule has 0 radical (unpaired) electrons. The molecule has 0 aromatic heterocycles. The number of anilines is 1. The quantitative estimate of drug-likeness (QED) is 0.280. The number of carbonyl (C=O) groups excluding carboxylic acids is 2. The van der Waals surface area contributed by atoms with Gasteiger partial charge in [-0.25, -0.2) is 9.69 Å². The molecule has 1 fully saturated rings. The molecule has 0 spiro atoms. The van der Waals surface area contributed by atoms with Gasteiger partial charge >= 0.3 is 6.03 Å². The molecule has 1 saturated heterocycles. The summed E-state index contributed by atoms with van der Waals surface area (Å²) in [6.45, 7) is 0.109. The highest BCUT2D eigenvalue weighted by Crippen LogP contribution is 2.26. The van der Waals surface area contributed by atoms with Crippen LogP contribution in [0.5, 0.6) is 5.75 Å². The Morgan fingerprint density at radius 1 is 0.968 bits per heavy atom. The van der Waals surface area contributed by atoms with Crippen molar-refractivity contribution < 1.29 is 19.2 Å². The monoisotopic (exact) mass is 415 g/mol. The van der Waals surface area contributed by atoms with Crippen molar-refractivity contribution >= 4 is 29.4 Å². The third-order valence-electron chi connectivity index (χ3n) is 4.63. The van der Waals surface area contributed by atoms with Crippen LogP contribution in [0.2, 0.25) is 0 Å². The second kappa shape index (κ2) is 8.50. The molecule has 1 aliphatic rings. The number of imide groups is 1. The summed E-state index contributed by atoms with van der Waals surface area (Å²) in [5, 5.41) is 13.5. The zero-order valence-corrected chi connectivity index (χ0v) is 16.2. The number of rotatable bonds is 6. The molecule has 3 aromatic rings. The Morgan fingerprint density at radius 3 is 2.48 bits per heavy atom. The summed E-state index contributed by atoms with van der Waals surface area (Å²) >= 11 is 0. The van der Waals surface area contributed by atoms with Crippen LogP contribution in [0, 0.1) is 10.1 Å². The van der Waals surface area contributed by atoms with Crippen LogP contribution < -0.4 is 15.0 Å². The number of carbonyl (C=O) groups is 2. The fourth-order valence-corrected chi connectivity index (χ4v) is 3.15. The minimum absolute atomic E-state index is 0.0169. The molecule has 0 unspecified atom stereocenters. The van der Waals surface area contributed by atoms with Crippen LogP contribution in [0.1, 0.15) is 11.1 Å². The maximum absolute atomic E-state index is 12.8. The first-order valence-corrected chi connectivity index (χ1v) is 9.40. The van der Waals surface area contributed by atoms with Gasteiger partial charge in [-0.05, 0) is 29.8 Å². The van der Waals surface area contributed by atoms with Gasteiger partial charge in [0, 0.05) is 17.7 Å². The molecule has 4 rings (SSSR count). The van der Waals surface area contributed by atoms with E-state index in [1.807, 2.05) is 0 Å². The minimum Gasteiger partial charge on any atom is -0.488 e. The Labute approximate surface area is 177 Å². The van der Waals surface area contributed by atoms with Crippen molar-refractivity contribution in [2.24, 2.45) is 0 Å². The normalized spacial score (nSPS) is 14.6. The SMILES string of the molecule is O=C1NC(=Cc2ccccc2OCc2cccc([N+](=O)[O-])c2)C(=O)N1c1ccccc1. The molecule has 8 nitrogen and oxygen atoms in total.